The van der Waals surface area contributed by atoms with Crippen LogP contribution < -0.4 is 5.73 Å². The van der Waals surface area contributed by atoms with Gasteiger partial charge in [-0.25, -0.2) is 4.39 Å². The second kappa shape index (κ2) is 3.83. The highest BCUT2D eigenvalue weighted by Gasteiger charge is 2.05. The number of halogens is 1. The molecule has 1 rings (SSSR count). The minimum atomic E-state index is -0.226. The van der Waals surface area contributed by atoms with E-state index in [1.807, 2.05) is 13.8 Å². The predicted octanol–water partition coefficient (Wildman–Crippen LogP) is 2.27. The molecule has 0 aliphatic carbocycles. The summed E-state index contributed by atoms with van der Waals surface area (Å²) in [5, 5.41) is 0. The van der Waals surface area contributed by atoms with Gasteiger partial charge in [-0.2, -0.15) is 0 Å². The summed E-state index contributed by atoms with van der Waals surface area (Å²) in [4.78, 5) is 0.321. The largest absolute Gasteiger partial charge is 0.393 e. The van der Waals surface area contributed by atoms with Crippen LogP contribution in [0.5, 0.6) is 0 Å². The molecule has 0 heterocycles. The molecule has 2 N–H and O–H groups in total. The Morgan fingerprint density at radius 1 is 1.38 bits per heavy atom. The summed E-state index contributed by atoms with van der Waals surface area (Å²) in [5.74, 6) is -0.226. The summed E-state index contributed by atoms with van der Waals surface area (Å²) in [7, 11) is 0. The first-order valence-corrected chi connectivity index (χ1v) is 4.45. The second-order valence-electron chi connectivity index (χ2n) is 3.17. The normalized spacial score (nSPS) is 10.1. The van der Waals surface area contributed by atoms with Crippen LogP contribution in [0.4, 0.5) is 4.39 Å². The van der Waals surface area contributed by atoms with Crippen molar-refractivity contribution in [2.24, 2.45) is 5.73 Å². The predicted molar refractivity (Wildman–Crippen MR) is 56.4 cm³/mol. The van der Waals surface area contributed by atoms with Gasteiger partial charge in [0, 0.05) is 6.42 Å². The third-order valence-electron chi connectivity index (χ3n) is 2.03. The fraction of sp³-hybridized carbons (Fsp3) is 0.300. The van der Waals surface area contributed by atoms with Crippen LogP contribution in [0.1, 0.15) is 16.7 Å². The Morgan fingerprint density at radius 3 is 2.46 bits per heavy atom. The molecule has 0 spiro atoms. The number of benzene rings is 1. The Hall–Kier alpha value is -0.960. The molecular formula is C10H12FNS. The molecule has 1 aromatic carbocycles. The van der Waals surface area contributed by atoms with Gasteiger partial charge < -0.3 is 5.73 Å². The molecule has 0 aromatic heterocycles. The summed E-state index contributed by atoms with van der Waals surface area (Å²) < 4.78 is 13.3. The third-order valence-corrected chi connectivity index (χ3v) is 2.17. The first-order chi connectivity index (χ1) is 6.00. The standard InChI is InChI=1S/C10H12FNS/c1-6-3-8(5-10(12)13)9(11)4-7(6)2/h3-4H,5H2,1-2H3,(H2,12,13). The van der Waals surface area contributed by atoms with E-state index in [-0.39, 0.29) is 5.82 Å². The molecule has 0 saturated carbocycles. The maximum absolute atomic E-state index is 13.3. The smallest absolute Gasteiger partial charge is 0.127 e. The summed E-state index contributed by atoms with van der Waals surface area (Å²) in [6.45, 7) is 3.82. The maximum Gasteiger partial charge on any atom is 0.127 e. The Morgan fingerprint density at radius 2 is 1.92 bits per heavy atom. The van der Waals surface area contributed by atoms with Crippen LogP contribution in [0.15, 0.2) is 12.1 Å². The van der Waals surface area contributed by atoms with Crippen molar-refractivity contribution >= 4 is 17.2 Å². The Bertz CT molecular complexity index is 347. The first kappa shape index (κ1) is 10.1. The van der Waals surface area contributed by atoms with Crippen molar-refractivity contribution in [3.05, 3.63) is 34.6 Å². The fourth-order valence-corrected chi connectivity index (χ4v) is 1.32. The van der Waals surface area contributed by atoms with Gasteiger partial charge in [0.05, 0.1) is 4.99 Å². The van der Waals surface area contributed by atoms with Gasteiger partial charge in [-0.05, 0) is 36.6 Å². The minimum Gasteiger partial charge on any atom is -0.393 e. The van der Waals surface area contributed by atoms with E-state index in [2.05, 4.69) is 0 Å². The van der Waals surface area contributed by atoms with Crippen molar-refractivity contribution < 1.29 is 4.39 Å². The van der Waals surface area contributed by atoms with Crippen molar-refractivity contribution in [1.29, 1.82) is 0 Å². The first-order valence-electron chi connectivity index (χ1n) is 4.04. The summed E-state index contributed by atoms with van der Waals surface area (Å²) >= 11 is 4.72. The SMILES string of the molecule is Cc1cc(F)c(CC(N)=S)cc1C. The molecule has 0 fully saturated rings. The zero-order valence-corrected chi connectivity index (χ0v) is 8.54. The number of nitrogens with two attached hydrogens (primary N) is 1. The van der Waals surface area contributed by atoms with Gasteiger partial charge in [0.2, 0.25) is 0 Å². The Labute approximate surface area is 82.8 Å². The van der Waals surface area contributed by atoms with Gasteiger partial charge in [-0.3, -0.25) is 0 Å². The quantitative estimate of drug-likeness (QED) is 0.736. The summed E-state index contributed by atoms with van der Waals surface area (Å²) in [6, 6.07) is 3.31. The van der Waals surface area contributed by atoms with Crippen molar-refractivity contribution in [3.8, 4) is 0 Å². The van der Waals surface area contributed by atoms with E-state index in [4.69, 9.17) is 18.0 Å². The molecule has 0 aliphatic heterocycles. The van der Waals surface area contributed by atoms with Crippen LogP contribution >= 0.6 is 12.2 Å². The maximum atomic E-state index is 13.3. The molecule has 13 heavy (non-hydrogen) atoms. The highest BCUT2D eigenvalue weighted by molar-refractivity contribution is 7.80. The van der Waals surface area contributed by atoms with Crippen LogP contribution in [-0.2, 0) is 6.42 Å². The number of rotatable bonds is 2. The van der Waals surface area contributed by atoms with E-state index in [0.29, 0.717) is 17.0 Å². The van der Waals surface area contributed by atoms with E-state index in [0.717, 1.165) is 11.1 Å². The topological polar surface area (TPSA) is 26.0 Å². The highest BCUT2D eigenvalue weighted by atomic mass is 32.1. The van der Waals surface area contributed by atoms with Crippen LogP contribution in [0.2, 0.25) is 0 Å². The molecule has 0 radical (unpaired) electrons. The lowest BCUT2D eigenvalue weighted by Crippen LogP contribution is -2.12. The fourth-order valence-electron chi connectivity index (χ4n) is 1.16. The van der Waals surface area contributed by atoms with Crippen LogP contribution in [-0.4, -0.2) is 4.99 Å². The molecule has 70 valence electrons. The molecule has 0 amide bonds. The molecule has 1 nitrogen and oxygen atoms in total. The molecule has 3 heteroatoms. The average molecular weight is 197 g/mol. The number of aryl methyl sites for hydroxylation is 2. The zero-order valence-electron chi connectivity index (χ0n) is 7.73. The average Bonchev–Trinajstić information content (AvgIpc) is 1.99. The van der Waals surface area contributed by atoms with Gasteiger partial charge in [0.15, 0.2) is 0 Å². The molecule has 0 saturated heterocycles. The molecule has 1 aromatic rings. The van der Waals surface area contributed by atoms with Gasteiger partial charge in [0.1, 0.15) is 5.82 Å². The Balaban J connectivity index is 3.08. The van der Waals surface area contributed by atoms with Gasteiger partial charge in [-0.15, -0.1) is 0 Å². The van der Waals surface area contributed by atoms with E-state index in [9.17, 15) is 4.39 Å². The number of thiocarbonyl (C=S) groups is 1. The van der Waals surface area contributed by atoms with Crippen molar-refractivity contribution in [2.45, 2.75) is 20.3 Å². The van der Waals surface area contributed by atoms with Crippen molar-refractivity contribution in [2.75, 3.05) is 0 Å². The second-order valence-corrected chi connectivity index (χ2v) is 3.70. The van der Waals surface area contributed by atoms with Gasteiger partial charge in [0.25, 0.3) is 0 Å². The van der Waals surface area contributed by atoms with E-state index in [1.165, 1.54) is 6.07 Å². The number of hydrogen-bond acceptors (Lipinski definition) is 1. The van der Waals surface area contributed by atoms with Crippen LogP contribution in [0.3, 0.4) is 0 Å². The molecule has 0 unspecified atom stereocenters. The molecule has 0 aliphatic rings. The summed E-state index contributed by atoms with van der Waals surface area (Å²) in [5.41, 5.74) is 7.94. The highest BCUT2D eigenvalue weighted by Crippen LogP contribution is 2.15. The summed E-state index contributed by atoms with van der Waals surface area (Å²) in [6.07, 6.45) is 0.336. The Kier molecular flexibility index (Phi) is 2.98. The minimum absolute atomic E-state index is 0.226. The van der Waals surface area contributed by atoms with Crippen molar-refractivity contribution in [1.82, 2.24) is 0 Å². The molecule has 0 atom stereocenters. The zero-order chi connectivity index (χ0) is 10.0. The van der Waals surface area contributed by atoms with Gasteiger partial charge >= 0.3 is 0 Å². The lowest BCUT2D eigenvalue weighted by Gasteiger charge is -2.05. The van der Waals surface area contributed by atoms with Crippen LogP contribution in [0, 0.1) is 19.7 Å². The van der Waals surface area contributed by atoms with E-state index >= 15 is 0 Å². The molecule has 0 bridgehead atoms. The van der Waals surface area contributed by atoms with Gasteiger partial charge in [-0.1, -0.05) is 18.3 Å². The van der Waals surface area contributed by atoms with Crippen molar-refractivity contribution in [3.63, 3.8) is 0 Å². The van der Waals surface area contributed by atoms with E-state index in [1.54, 1.807) is 6.07 Å². The van der Waals surface area contributed by atoms with Crippen LogP contribution in [0.25, 0.3) is 0 Å². The molecular weight excluding hydrogens is 185 g/mol. The lowest BCUT2D eigenvalue weighted by atomic mass is 10.0. The monoisotopic (exact) mass is 197 g/mol. The number of hydrogen-bond donors (Lipinski definition) is 1. The third kappa shape index (κ3) is 2.49. The lowest BCUT2D eigenvalue weighted by molar-refractivity contribution is 0.614. The van der Waals surface area contributed by atoms with E-state index < -0.39 is 0 Å².